The molecule has 1 fully saturated rings. The second-order valence-electron chi connectivity index (χ2n) is 6.53. The topological polar surface area (TPSA) is 92.6 Å². The van der Waals surface area contributed by atoms with Gasteiger partial charge in [0.2, 0.25) is 15.9 Å². The first-order valence-corrected chi connectivity index (χ1v) is 10.5. The average Bonchev–Trinajstić information content (AvgIpc) is 2.67. The summed E-state index contributed by atoms with van der Waals surface area (Å²) in [5.41, 5.74) is 1.11. The molecule has 1 atom stereocenters. The molecule has 1 saturated heterocycles. The lowest BCUT2D eigenvalue weighted by atomic mass is 10.1. The van der Waals surface area contributed by atoms with Gasteiger partial charge in [-0.2, -0.15) is 9.40 Å². The van der Waals surface area contributed by atoms with Crippen molar-refractivity contribution in [1.82, 2.24) is 19.0 Å². The lowest BCUT2D eigenvalue weighted by Gasteiger charge is -2.34. The van der Waals surface area contributed by atoms with Crippen molar-refractivity contribution in [1.29, 1.82) is 0 Å². The highest BCUT2D eigenvalue weighted by Crippen LogP contribution is 2.16. The predicted octanol–water partition coefficient (Wildman–Crippen LogP) is 0.575. The lowest BCUT2D eigenvalue weighted by molar-refractivity contribution is -0.135. The molecule has 0 N–H and O–H groups in total. The van der Waals surface area contributed by atoms with E-state index in [0.717, 1.165) is 11.8 Å². The van der Waals surface area contributed by atoms with Gasteiger partial charge >= 0.3 is 0 Å². The first-order chi connectivity index (χ1) is 12.8. The van der Waals surface area contributed by atoms with Crippen LogP contribution >= 0.6 is 0 Å². The van der Waals surface area contributed by atoms with Crippen LogP contribution in [0.15, 0.2) is 47.3 Å². The molecule has 1 aliphatic rings. The first kappa shape index (κ1) is 19.2. The summed E-state index contributed by atoms with van der Waals surface area (Å²) in [6.45, 7) is 2.73. The van der Waals surface area contributed by atoms with E-state index >= 15 is 0 Å². The highest BCUT2D eigenvalue weighted by atomic mass is 32.2. The van der Waals surface area contributed by atoms with Crippen LogP contribution < -0.4 is 5.56 Å². The number of rotatable bonds is 4. The summed E-state index contributed by atoms with van der Waals surface area (Å²) in [4.78, 5) is 26.6. The highest BCUT2D eigenvalue weighted by molar-refractivity contribution is 7.88. The fourth-order valence-corrected chi connectivity index (χ4v) is 3.90. The summed E-state index contributed by atoms with van der Waals surface area (Å²) in [6.07, 6.45) is 1.16. The lowest BCUT2D eigenvalue weighted by Crippen LogP contribution is -2.52. The van der Waals surface area contributed by atoms with E-state index in [9.17, 15) is 18.0 Å². The van der Waals surface area contributed by atoms with Gasteiger partial charge in [-0.15, -0.1) is 0 Å². The fraction of sp³-hybridized carbons (Fsp3) is 0.389. The van der Waals surface area contributed by atoms with Gasteiger partial charge in [-0.3, -0.25) is 9.59 Å². The Morgan fingerprint density at radius 3 is 2.26 bits per heavy atom. The SMILES string of the molecule is C[C@@H](C(=O)N1CCN(S(C)(=O)=O)CC1)n1nc(-c2ccccc2)ccc1=O. The zero-order chi connectivity index (χ0) is 19.6. The van der Waals surface area contributed by atoms with Crippen molar-refractivity contribution < 1.29 is 13.2 Å². The molecule has 1 aliphatic heterocycles. The number of carbonyl (C=O) groups is 1. The van der Waals surface area contributed by atoms with Crippen molar-refractivity contribution >= 4 is 15.9 Å². The standard InChI is InChI=1S/C18H22N4O4S/c1-14(18(24)20-10-12-21(13-11-20)27(2,25)26)22-17(23)9-8-16(19-22)15-6-4-3-5-7-15/h3-9,14H,10-13H2,1-2H3/t14-/m0/s1. The minimum absolute atomic E-state index is 0.247. The predicted molar refractivity (Wildman–Crippen MR) is 102 cm³/mol. The number of sulfonamides is 1. The van der Waals surface area contributed by atoms with Gasteiger partial charge in [0.25, 0.3) is 5.56 Å². The average molecular weight is 390 g/mol. The molecular formula is C18H22N4O4S. The second kappa shape index (κ2) is 7.61. The Labute approximate surface area is 158 Å². The van der Waals surface area contributed by atoms with Gasteiger partial charge in [-0.05, 0) is 13.0 Å². The molecule has 1 aromatic carbocycles. The quantitative estimate of drug-likeness (QED) is 0.761. The number of benzene rings is 1. The summed E-state index contributed by atoms with van der Waals surface area (Å²) in [7, 11) is -3.26. The van der Waals surface area contributed by atoms with Gasteiger partial charge in [0.15, 0.2) is 0 Å². The van der Waals surface area contributed by atoms with Crippen molar-refractivity contribution in [2.45, 2.75) is 13.0 Å². The van der Waals surface area contributed by atoms with Crippen molar-refractivity contribution in [3.05, 3.63) is 52.8 Å². The molecule has 2 aromatic rings. The Hall–Kier alpha value is -2.52. The van der Waals surface area contributed by atoms with Gasteiger partial charge in [-0.25, -0.2) is 13.1 Å². The molecule has 3 rings (SSSR count). The Morgan fingerprint density at radius 2 is 1.67 bits per heavy atom. The maximum Gasteiger partial charge on any atom is 0.267 e. The number of carbonyl (C=O) groups excluding carboxylic acids is 1. The molecule has 2 heterocycles. The van der Waals surface area contributed by atoms with E-state index in [-0.39, 0.29) is 24.6 Å². The van der Waals surface area contributed by atoms with E-state index in [2.05, 4.69) is 5.10 Å². The summed E-state index contributed by atoms with van der Waals surface area (Å²) >= 11 is 0. The number of nitrogens with zero attached hydrogens (tertiary/aromatic N) is 4. The third-order valence-corrected chi connectivity index (χ3v) is 5.94. The Morgan fingerprint density at radius 1 is 1.04 bits per heavy atom. The molecule has 8 nitrogen and oxygen atoms in total. The van der Waals surface area contributed by atoms with E-state index in [0.29, 0.717) is 18.8 Å². The van der Waals surface area contributed by atoms with Gasteiger partial charge in [-0.1, -0.05) is 30.3 Å². The Balaban J connectivity index is 1.79. The molecule has 0 bridgehead atoms. The zero-order valence-corrected chi connectivity index (χ0v) is 16.1. The second-order valence-corrected chi connectivity index (χ2v) is 8.51. The summed E-state index contributed by atoms with van der Waals surface area (Å²) in [6, 6.07) is 11.7. The molecule has 0 aliphatic carbocycles. The molecule has 1 aromatic heterocycles. The summed E-state index contributed by atoms with van der Waals surface area (Å²) in [5.74, 6) is -0.247. The van der Waals surface area contributed by atoms with Crippen molar-refractivity contribution in [2.75, 3.05) is 32.4 Å². The number of amides is 1. The van der Waals surface area contributed by atoms with Crippen LogP contribution in [0.2, 0.25) is 0 Å². The molecule has 0 radical (unpaired) electrons. The van der Waals surface area contributed by atoms with Crippen molar-refractivity contribution in [2.24, 2.45) is 0 Å². The molecule has 0 saturated carbocycles. The van der Waals surface area contributed by atoms with Crippen LogP contribution in [0.4, 0.5) is 0 Å². The van der Waals surface area contributed by atoms with E-state index in [1.54, 1.807) is 17.9 Å². The maximum absolute atomic E-state index is 12.8. The van der Waals surface area contributed by atoms with Crippen molar-refractivity contribution in [3.8, 4) is 11.3 Å². The van der Waals surface area contributed by atoms with Crippen LogP contribution in [-0.4, -0.2) is 65.7 Å². The number of piperazine rings is 1. The van der Waals surface area contributed by atoms with Gasteiger partial charge in [0.05, 0.1) is 11.9 Å². The van der Waals surface area contributed by atoms with E-state index in [1.807, 2.05) is 30.3 Å². The van der Waals surface area contributed by atoms with Crippen LogP contribution in [0.25, 0.3) is 11.3 Å². The minimum Gasteiger partial charge on any atom is -0.338 e. The van der Waals surface area contributed by atoms with Crippen LogP contribution in [-0.2, 0) is 14.8 Å². The summed E-state index contributed by atoms with van der Waals surface area (Å²) in [5, 5.41) is 4.36. The molecule has 144 valence electrons. The molecule has 9 heteroatoms. The minimum atomic E-state index is -3.26. The molecule has 0 unspecified atom stereocenters. The molecule has 1 amide bonds. The van der Waals surface area contributed by atoms with Crippen LogP contribution in [0.1, 0.15) is 13.0 Å². The fourth-order valence-electron chi connectivity index (χ4n) is 3.07. The molecule has 27 heavy (non-hydrogen) atoms. The normalized spacial score (nSPS) is 16.9. The summed E-state index contributed by atoms with van der Waals surface area (Å²) < 4.78 is 25.7. The first-order valence-electron chi connectivity index (χ1n) is 8.66. The van der Waals surface area contributed by atoms with Gasteiger partial charge in [0.1, 0.15) is 6.04 Å². The van der Waals surface area contributed by atoms with Gasteiger partial charge in [0, 0.05) is 37.8 Å². The molecule has 0 spiro atoms. The van der Waals surface area contributed by atoms with E-state index in [1.165, 1.54) is 15.1 Å². The van der Waals surface area contributed by atoms with Crippen LogP contribution in [0, 0.1) is 0 Å². The number of hydrogen-bond donors (Lipinski definition) is 0. The van der Waals surface area contributed by atoms with Crippen LogP contribution in [0.3, 0.4) is 0 Å². The van der Waals surface area contributed by atoms with Crippen molar-refractivity contribution in [3.63, 3.8) is 0 Å². The third-order valence-electron chi connectivity index (χ3n) is 4.64. The van der Waals surface area contributed by atoms with Crippen LogP contribution in [0.5, 0.6) is 0 Å². The highest BCUT2D eigenvalue weighted by Gasteiger charge is 2.29. The monoisotopic (exact) mass is 390 g/mol. The third kappa shape index (κ3) is 4.25. The maximum atomic E-state index is 12.8. The Bertz CT molecular complexity index is 980. The molecular weight excluding hydrogens is 368 g/mol. The Kier molecular flexibility index (Phi) is 5.43. The van der Waals surface area contributed by atoms with Gasteiger partial charge < -0.3 is 4.90 Å². The largest absolute Gasteiger partial charge is 0.338 e. The smallest absolute Gasteiger partial charge is 0.267 e. The zero-order valence-electron chi connectivity index (χ0n) is 15.3. The number of aromatic nitrogens is 2. The van der Waals surface area contributed by atoms with E-state index < -0.39 is 16.1 Å². The van der Waals surface area contributed by atoms with E-state index in [4.69, 9.17) is 0 Å². The number of hydrogen-bond acceptors (Lipinski definition) is 5.